The van der Waals surface area contributed by atoms with E-state index in [9.17, 15) is 0 Å². The maximum atomic E-state index is 2.37. The summed E-state index contributed by atoms with van der Waals surface area (Å²) in [5.74, 6) is 0. The molecule has 6 aromatic carbocycles. The molecule has 0 unspecified atom stereocenters. The Morgan fingerprint density at radius 1 is 0.353 bits per heavy atom. The highest BCUT2D eigenvalue weighted by Gasteiger charge is 2.18. The maximum Gasteiger partial charge on any atom is -0.00668 e. The fraction of sp³-hybridized carbons (Fsp3) is 0.0588. The van der Waals surface area contributed by atoms with Crippen molar-refractivity contribution >= 4 is 21.5 Å². The topological polar surface area (TPSA) is 0 Å². The Balaban J connectivity index is 1.70. The Hall–Kier alpha value is -4.16. The summed E-state index contributed by atoms with van der Waals surface area (Å²) >= 11 is 0. The smallest absolute Gasteiger partial charge is 0.00668 e. The molecule has 0 fully saturated rings. The van der Waals surface area contributed by atoms with Gasteiger partial charge < -0.3 is 0 Å². The maximum absolute atomic E-state index is 2.37. The first-order valence-electron chi connectivity index (χ1n) is 11.9. The summed E-state index contributed by atoms with van der Waals surface area (Å²) in [6, 6.07) is 43.9. The van der Waals surface area contributed by atoms with Crippen molar-refractivity contribution in [3.63, 3.8) is 0 Å². The predicted molar refractivity (Wildman–Crippen MR) is 147 cm³/mol. The van der Waals surface area contributed by atoms with Gasteiger partial charge in [-0.15, -0.1) is 0 Å². The van der Waals surface area contributed by atoms with Crippen molar-refractivity contribution in [3.05, 3.63) is 132 Å². The van der Waals surface area contributed by atoms with Crippen LogP contribution in [0.2, 0.25) is 0 Å². The molecule has 0 saturated heterocycles. The molecule has 0 saturated carbocycles. The van der Waals surface area contributed by atoms with E-state index in [2.05, 4.69) is 135 Å². The molecule has 0 N–H and O–H groups in total. The van der Waals surface area contributed by atoms with Crippen LogP contribution in [0.15, 0.2) is 121 Å². The van der Waals surface area contributed by atoms with Crippen LogP contribution >= 0.6 is 0 Å². The van der Waals surface area contributed by atoms with E-state index in [1.54, 1.807) is 0 Å². The molecule has 0 aliphatic carbocycles. The van der Waals surface area contributed by atoms with Crippen LogP contribution in [0.25, 0.3) is 54.9 Å². The van der Waals surface area contributed by atoms with E-state index < -0.39 is 0 Å². The third kappa shape index (κ3) is 3.31. The van der Waals surface area contributed by atoms with Gasteiger partial charge >= 0.3 is 0 Å². The highest BCUT2D eigenvalue weighted by molar-refractivity contribution is 6.14. The lowest BCUT2D eigenvalue weighted by molar-refractivity contribution is 1.44. The first-order valence-corrected chi connectivity index (χ1v) is 11.9. The summed E-state index contributed by atoms with van der Waals surface area (Å²) in [6.45, 7) is 4.51. The molecule has 162 valence electrons. The van der Waals surface area contributed by atoms with E-state index in [0.717, 1.165) is 0 Å². The van der Waals surface area contributed by atoms with Gasteiger partial charge in [0.15, 0.2) is 0 Å². The summed E-state index contributed by atoms with van der Waals surface area (Å²) in [6.07, 6.45) is 0. The summed E-state index contributed by atoms with van der Waals surface area (Å²) < 4.78 is 0. The monoisotopic (exact) mass is 434 g/mol. The second kappa shape index (κ2) is 8.32. The third-order valence-electron chi connectivity index (χ3n) is 6.90. The molecule has 0 radical (unpaired) electrons. The van der Waals surface area contributed by atoms with Crippen molar-refractivity contribution < 1.29 is 0 Å². The number of fused-ring (bicyclic) bond motifs is 2. The van der Waals surface area contributed by atoms with E-state index in [-0.39, 0.29) is 0 Å². The van der Waals surface area contributed by atoms with E-state index in [1.165, 1.54) is 66.1 Å². The van der Waals surface area contributed by atoms with Gasteiger partial charge in [0, 0.05) is 0 Å². The lowest BCUT2D eigenvalue weighted by Crippen LogP contribution is -1.95. The molecule has 0 aromatic heterocycles. The first kappa shape index (κ1) is 20.4. The molecule has 0 atom stereocenters. The van der Waals surface area contributed by atoms with Crippen LogP contribution < -0.4 is 0 Å². The minimum Gasteiger partial charge on any atom is -0.0622 e. The quantitative estimate of drug-likeness (QED) is 0.260. The van der Waals surface area contributed by atoms with E-state index in [0.29, 0.717) is 0 Å². The van der Waals surface area contributed by atoms with Crippen molar-refractivity contribution in [2.75, 3.05) is 0 Å². The lowest BCUT2D eigenvalue weighted by atomic mass is 9.83. The number of aryl methyl sites for hydroxylation is 2. The first-order chi connectivity index (χ1) is 16.7. The molecule has 0 nitrogen and oxygen atoms in total. The van der Waals surface area contributed by atoms with Gasteiger partial charge in [0.2, 0.25) is 0 Å². The largest absolute Gasteiger partial charge is 0.0622 e. The molecule has 0 spiro atoms. The third-order valence-corrected chi connectivity index (χ3v) is 6.90. The molecule has 0 aliphatic heterocycles. The van der Waals surface area contributed by atoms with Crippen LogP contribution in [-0.2, 0) is 0 Å². The second-order valence-corrected chi connectivity index (χ2v) is 9.06. The molecule has 6 rings (SSSR count). The van der Waals surface area contributed by atoms with Gasteiger partial charge in [0.25, 0.3) is 0 Å². The molecule has 0 aliphatic rings. The van der Waals surface area contributed by atoms with Gasteiger partial charge in [-0.2, -0.15) is 0 Å². The lowest BCUT2D eigenvalue weighted by Gasteiger charge is -2.20. The number of rotatable bonds is 3. The Kier molecular flexibility index (Phi) is 5.00. The number of hydrogen-bond donors (Lipinski definition) is 0. The minimum atomic E-state index is 1.26. The second-order valence-electron chi connectivity index (χ2n) is 9.06. The Morgan fingerprint density at radius 2 is 0.676 bits per heavy atom. The zero-order chi connectivity index (χ0) is 23.1. The fourth-order valence-corrected chi connectivity index (χ4v) is 5.41. The Labute approximate surface area is 201 Å². The molecule has 0 amide bonds. The van der Waals surface area contributed by atoms with Gasteiger partial charge in [-0.05, 0) is 79.9 Å². The molecule has 0 heteroatoms. The SMILES string of the molecule is Cc1cc(-c2ccccc2)c2ccccc2c1-c1c(C)cc(-c2ccccc2)c2ccccc12. The highest BCUT2D eigenvalue weighted by Crippen LogP contribution is 2.44. The van der Waals surface area contributed by atoms with Gasteiger partial charge in [0.05, 0.1) is 0 Å². The standard InChI is InChI=1S/C34H26/c1-23-21-31(25-13-5-3-6-14-25)27-17-9-11-19-29(27)33(23)34-24(2)22-32(26-15-7-4-8-16-26)28-18-10-12-20-30(28)34/h3-22H,1-2H3. The summed E-state index contributed by atoms with van der Waals surface area (Å²) in [5.41, 5.74) is 10.4. The van der Waals surface area contributed by atoms with Crippen LogP contribution in [-0.4, -0.2) is 0 Å². The van der Waals surface area contributed by atoms with Crippen molar-refractivity contribution in [3.8, 4) is 33.4 Å². The van der Waals surface area contributed by atoms with Crippen molar-refractivity contribution in [1.82, 2.24) is 0 Å². The Morgan fingerprint density at radius 3 is 1.06 bits per heavy atom. The van der Waals surface area contributed by atoms with Crippen LogP contribution in [0.4, 0.5) is 0 Å². The summed E-state index contributed by atoms with van der Waals surface area (Å²) in [4.78, 5) is 0. The van der Waals surface area contributed by atoms with E-state index in [1.807, 2.05) is 0 Å². The predicted octanol–water partition coefficient (Wildman–Crippen LogP) is 9.61. The van der Waals surface area contributed by atoms with Gasteiger partial charge in [-0.1, -0.05) is 121 Å². The van der Waals surface area contributed by atoms with Crippen LogP contribution in [0.3, 0.4) is 0 Å². The minimum absolute atomic E-state index is 1.26. The molecule has 34 heavy (non-hydrogen) atoms. The average molecular weight is 435 g/mol. The molecule has 0 bridgehead atoms. The summed E-state index contributed by atoms with van der Waals surface area (Å²) in [7, 11) is 0. The molecule has 0 heterocycles. The van der Waals surface area contributed by atoms with E-state index >= 15 is 0 Å². The van der Waals surface area contributed by atoms with Crippen molar-refractivity contribution in [1.29, 1.82) is 0 Å². The number of hydrogen-bond acceptors (Lipinski definition) is 0. The molecular weight excluding hydrogens is 408 g/mol. The zero-order valence-corrected chi connectivity index (χ0v) is 19.5. The van der Waals surface area contributed by atoms with Crippen LogP contribution in [0.1, 0.15) is 11.1 Å². The number of benzene rings is 6. The Bertz CT molecular complexity index is 1510. The molecule has 6 aromatic rings. The normalized spacial score (nSPS) is 11.2. The van der Waals surface area contributed by atoms with Gasteiger partial charge in [-0.25, -0.2) is 0 Å². The van der Waals surface area contributed by atoms with Crippen molar-refractivity contribution in [2.45, 2.75) is 13.8 Å². The molecular formula is C34H26. The highest BCUT2D eigenvalue weighted by atomic mass is 14.2. The average Bonchev–Trinajstić information content (AvgIpc) is 2.90. The fourth-order valence-electron chi connectivity index (χ4n) is 5.41. The van der Waals surface area contributed by atoms with Crippen molar-refractivity contribution in [2.24, 2.45) is 0 Å². The zero-order valence-electron chi connectivity index (χ0n) is 19.5. The van der Waals surface area contributed by atoms with E-state index in [4.69, 9.17) is 0 Å². The van der Waals surface area contributed by atoms with Gasteiger partial charge in [-0.3, -0.25) is 0 Å². The van der Waals surface area contributed by atoms with Crippen LogP contribution in [0, 0.1) is 13.8 Å². The van der Waals surface area contributed by atoms with Crippen LogP contribution in [0.5, 0.6) is 0 Å². The summed E-state index contributed by atoms with van der Waals surface area (Å²) in [5, 5.41) is 5.21. The van der Waals surface area contributed by atoms with Gasteiger partial charge in [0.1, 0.15) is 0 Å².